The zero-order valence-corrected chi connectivity index (χ0v) is 16.0. The molecule has 1 aliphatic rings. The molecule has 0 spiro atoms. The van der Waals surface area contributed by atoms with E-state index in [4.69, 9.17) is 0 Å². The Labute approximate surface area is 164 Å². The van der Waals surface area contributed by atoms with Crippen LogP contribution in [-0.4, -0.2) is 56.5 Å². The highest BCUT2D eigenvalue weighted by molar-refractivity contribution is 5.94. The van der Waals surface area contributed by atoms with Crippen LogP contribution in [0.1, 0.15) is 5.56 Å². The first kappa shape index (κ1) is 19.8. The van der Waals surface area contributed by atoms with E-state index < -0.39 is 0 Å². The van der Waals surface area contributed by atoms with Crippen molar-refractivity contribution in [2.24, 2.45) is 0 Å². The minimum absolute atomic E-state index is 0.104. The predicted octanol–water partition coefficient (Wildman–Crippen LogP) is 1.87. The molecule has 1 heterocycles. The van der Waals surface area contributed by atoms with Gasteiger partial charge in [0, 0.05) is 37.6 Å². The van der Waals surface area contributed by atoms with E-state index in [1.807, 2.05) is 24.3 Å². The summed E-state index contributed by atoms with van der Waals surface area (Å²) in [6.45, 7) is 3.94. The van der Waals surface area contributed by atoms with E-state index >= 15 is 0 Å². The fraction of sp³-hybridized carbons (Fsp3) is 0.333. The van der Waals surface area contributed by atoms with Gasteiger partial charge >= 0.3 is 0 Å². The van der Waals surface area contributed by atoms with Gasteiger partial charge in [0.1, 0.15) is 5.82 Å². The summed E-state index contributed by atoms with van der Waals surface area (Å²) < 4.78 is 12.9. The second-order valence-corrected chi connectivity index (χ2v) is 6.97. The molecule has 0 unspecified atom stereocenters. The van der Waals surface area contributed by atoms with E-state index in [9.17, 15) is 14.0 Å². The molecule has 0 aliphatic carbocycles. The highest BCUT2D eigenvalue weighted by Crippen LogP contribution is 2.19. The Hall–Kier alpha value is -2.93. The third-order valence-electron chi connectivity index (χ3n) is 4.74. The summed E-state index contributed by atoms with van der Waals surface area (Å²) >= 11 is 0. The molecule has 6 nitrogen and oxygen atoms in total. The van der Waals surface area contributed by atoms with Crippen LogP contribution < -0.4 is 15.5 Å². The topological polar surface area (TPSA) is 64.7 Å². The number of carbonyl (C=O) groups is 2. The van der Waals surface area contributed by atoms with Crippen LogP contribution in [0.3, 0.4) is 0 Å². The molecule has 1 aliphatic heterocycles. The van der Waals surface area contributed by atoms with E-state index in [0.29, 0.717) is 11.3 Å². The van der Waals surface area contributed by atoms with Gasteiger partial charge in [0.05, 0.1) is 13.0 Å². The molecule has 148 valence electrons. The van der Waals surface area contributed by atoms with Crippen molar-refractivity contribution in [3.8, 4) is 0 Å². The largest absolute Gasteiger partial charge is 0.369 e. The van der Waals surface area contributed by atoms with Crippen molar-refractivity contribution in [3.05, 3.63) is 59.9 Å². The number of piperazine rings is 1. The van der Waals surface area contributed by atoms with Crippen LogP contribution in [0.4, 0.5) is 15.8 Å². The molecule has 0 radical (unpaired) electrons. The number of nitrogens with zero attached hydrogens (tertiary/aromatic N) is 2. The monoisotopic (exact) mass is 384 g/mol. The lowest BCUT2D eigenvalue weighted by atomic mass is 10.1. The van der Waals surface area contributed by atoms with Gasteiger partial charge in [-0.05, 0) is 49.0 Å². The first-order chi connectivity index (χ1) is 13.5. The summed E-state index contributed by atoms with van der Waals surface area (Å²) in [6.07, 6.45) is 0.104. The fourth-order valence-electron chi connectivity index (χ4n) is 3.05. The molecule has 0 saturated carbocycles. The lowest BCUT2D eigenvalue weighted by Crippen LogP contribution is -2.44. The van der Waals surface area contributed by atoms with Gasteiger partial charge in [-0.15, -0.1) is 0 Å². The van der Waals surface area contributed by atoms with E-state index in [1.165, 1.54) is 12.1 Å². The molecule has 0 atom stereocenters. The normalized spacial score (nSPS) is 14.6. The number of nitrogens with one attached hydrogen (secondary N) is 2. The number of rotatable bonds is 6. The SMILES string of the molecule is CN1CCN(c2ccc(NC(=O)CNC(=O)Cc3ccc(F)cc3)cc2)CC1. The average Bonchev–Trinajstić information content (AvgIpc) is 2.69. The van der Waals surface area contributed by atoms with Crippen molar-refractivity contribution in [1.82, 2.24) is 10.2 Å². The molecular formula is C21H25FN4O2. The highest BCUT2D eigenvalue weighted by Gasteiger charge is 2.14. The Morgan fingerprint density at radius 1 is 0.929 bits per heavy atom. The highest BCUT2D eigenvalue weighted by atomic mass is 19.1. The van der Waals surface area contributed by atoms with Crippen molar-refractivity contribution in [3.63, 3.8) is 0 Å². The number of halogens is 1. The number of hydrogen-bond acceptors (Lipinski definition) is 4. The van der Waals surface area contributed by atoms with Crippen LogP contribution in [0.15, 0.2) is 48.5 Å². The molecule has 1 saturated heterocycles. The van der Waals surface area contributed by atoms with Crippen molar-refractivity contribution in [2.75, 3.05) is 50.0 Å². The van der Waals surface area contributed by atoms with Crippen LogP contribution in [0.2, 0.25) is 0 Å². The minimum atomic E-state index is -0.345. The first-order valence-corrected chi connectivity index (χ1v) is 9.34. The van der Waals surface area contributed by atoms with E-state index in [-0.39, 0.29) is 30.6 Å². The third kappa shape index (κ3) is 5.79. The second-order valence-electron chi connectivity index (χ2n) is 6.97. The smallest absolute Gasteiger partial charge is 0.243 e. The van der Waals surface area contributed by atoms with Gasteiger partial charge in [-0.3, -0.25) is 9.59 Å². The number of anilines is 2. The van der Waals surface area contributed by atoms with E-state index in [1.54, 1.807) is 12.1 Å². The maximum Gasteiger partial charge on any atom is 0.243 e. The fourth-order valence-corrected chi connectivity index (χ4v) is 3.05. The zero-order chi connectivity index (χ0) is 19.9. The number of likely N-dealkylation sites (N-methyl/N-ethyl adjacent to an activating group) is 1. The number of benzene rings is 2. The molecule has 7 heteroatoms. The number of amides is 2. The van der Waals surface area contributed by atoms with Crippen LogP contribution >= 0.6 is 0 Å². The summed E-state index contributed by atoms with van der Waals surface area (Å²) in [5, 5.41) is 5.35. The molecule has 2 amide bonds. The summed E-state index contributed by atoms with van der Waals surface area (Å²) in [7, 11) is 2.12. The lowest BCUT2D eigenvalue weighted by Gasteiger charge is -2.34. The Balaban J connectivity index is 1.43. The Kier molecular flexibility index (Phi) is 6.60. The van der Waals surface area contributed by atoms with Gasteiger partial charge in [-0.1, -0.05) is 12.1 Å². The molecular weight excluding hydrogens is 359 g/mol. The quantitative estimate of drug-likeness (QED) is 0.798. The predicted molar refractivity (Wildman–Crippen MR) is 108 cm³/mol. The van der Waals surface area contributed by atoms with Gasteiger partial charge in [0.15, 0.2) is 0 Å². The molecule has 3 rings (SSSR count). The maximum atomic E-state index is 12.9. The summed E-state index contributed by atoms with van der Waals surface area (Å²) in [5.41, 5.74) is 2.52. The molecule has 1 fully saturated rings. The van der Waals surface area contributed by atoms with Crippen LogP contribution in [0.25, 0.3) is 0 Å². The van der Waals surface area contributed by atoms with Crippen LogP contribution in [-0.2, 0) is 16.0 Å². The standard InChI is InChI=1S/C21H25FN4O2/c1-25-10-12-26(13-11-25)19-8-6-18(7-9-19)24-21(28)15-23-20(27)14-16-2-4-17(22)5-3-16/h2-9H,10-15H2,1H3,(H,23,27)(H,24,28). The van der Waals surface area contributed by atoms with Crippen molar-refractivity contribution >= 4 is 23.2 Å². The number of carbonyl (C=O) groups excluding carboxylic acids is 2. The van der Waals surface area contributed by atoms with Crippen LogP contribution in [0.5, 0.6) is 0 Å². The van der Waals surface area contributed by atoms with Crippen molar-refractivity contribution in [2.45, 2.75) is 6.42 Å². The van der Waals surface area contributed by atoms with Gasteiger partial charge < -0.3 is 20.4 Å². The third-order valence-corrected chi connectivity index (χ3v) is 4.74. The van der Waals surface area contributed by atoms with E-state index in [2.05, 4.69) is 27.5 Å². The molecule has 28 heavy (non-hydrogen) atoms. The molecule has 0 bridgehead atoms. The second kappa shape index (κ2) is 9.32. The first-order valence-electron chi connectivity index (χ1n) is 9.34. The Morgan fingerprint density at radius 2 is 1.57 bits per heavy atom. The average molecular weight is 384 g/mol. The van der Waals surface area contributed by atoms with Gasteiger partial charge in [-0.25, -0.2) is 4.39 Å². The molecule has 2 N–H and O–H groups in total. The summed E-state index contributed by atoms with van der Waals surface area (Å²) in [4.78, 5) is 28.6. The molecule has 2 aromatic rings. The summed E-state index contributed by atoms with van der Waals surface area (Å²) in [5.74, 6) is -0.922. The summed E-state index contributed by atoms with van der Waals surface area (Å²) in [6, 6.07) is 13.4. The van der Waals surface area contributed by atoms with E-state index in [0.717, 1.165) is 31.9 Å². The van der Waals surface area contributed by atoms with Crippen molar-refractivity contribution in [1.29, 1.82) is 0 Å². The maximum absolute atomic E-state index is 12.9. The van der Waals surface area contributed by atoms with Crippen molar-refractivity contribution < 1.29 is 14.0 Å². The number of hydrogen-bond donors (Lipinski definition) is 2. The Bertz CT molecular complexity index is 800. The molecule has 2 aromatic carbocycles. The molecule has 0 aromatic heterocycles. The minimum Gasteiger partial charge on any atom is -0.369 e. The lowest BCUT2D eigenvalue weighted by molar-refractivity contribution is -0.123. The van der Waals surface area contributed by atoms with Gasteiger partial charge in [0.2, 0.25) is 11.8 Å². The van der Waals surface area contributed by atoms with Gasteiger partial charge in [0.25, 0.3) is 0 Å². The zero-order valence-electron chi connectivity index (χ0n) is 16.0. The van der Waals surface area contributed by atoms with Gasteiger partial charge in [-0.2, -0.15) is 0 Å². The Morgan fingerprint density at radius 3 is 2.21 bits per heavy atom. The van der Waals surface area contributed by atoms with Crippen LogP contribution in [0, 0.1) is 5.82 Å².